The highest BCUT2D eigenvalue weighted by Crippen LogP contribution is 2.43. The van der Waals surface area contributed by atoms with E-state index >= 15 is 0 Å². The number of hydrogen-bond acceptors (Lipinski definition) is 1. The Morgan fingerprint density at radius 1 is 1.18 bits per heavy atom. The third-order valence-corrected chi connectivity index (χ3v) is 3.84. The minimum absolute atomic E-state index is 0.193. The van der Waals surface area contributed by atoms with Crippen LogP contribution < -0.4 is 0 Å². The summed E-state index contributed by atoms with van der Waals surface area (Å²) in [5, 5.41) is 9.93. The van der Waals surface area contributed by atoms with Crippen molar-refractivity contribution in [1.82, 2.24) is 0 Å². The van der Waals surface area contributed by atoms with Crippen molar-refractivity contribution in [2.75, 3.05) is 0 Å². The van der Waals surface area contributed by atoms with Crippen molar-refractivity contribution in [1.29, 1.82) is 0 Å². The van der Waals surface area contributed by atoms with Crippen LogP contribution in [0.15, 0.2) is 0 Å². The Morgan fingerprint density at radius 3 is 2.41 bits per heavy atom. The topological polar surface area (TPSA) is 20.2 Å². The van der Waals surface area contributed by atoms with Gasteiger partial charge in [0.15, 0.2) is 0 Å². The van der Waals surface area contributed by atoms with Gasteiger partial charge in [0.2, 0.25) is 0 Å². The van der Waals surface area contributed by atoms with Gasteiger partial charge in [0.1, 0.15) is 0 Å². The van der Waals surface area contributed by atoms with Crippen molar-refractivity contribution in [2.45, 2.75) is 70.6 Å². The summed E-state index contributed by atoms with van der Waals surface area (Å²) in [5.41, 5.74) is 0. The normalized spacial score (nSPS) is 28.1. The molecule has 1 aliphatic rings. The lowest BCUT2D eigenvalue weighted by Gasteiger charge is -2.36. The number of unbranched alkanes of at least 4 members (excludes halogenated alkanes) is 2. The molecule has 1 aliphatic carbocycles. The zero-order valence-electron chi connectivity index (χ0n) is 10.5. The Labute approximate surface area is 101 Å². The van der Waals surface area contributed by atoms with E-state index in [2.05, 4.69) is 0 Å². The van der Waals surface area contributed by atoms with E-state index < -0.39 is 24.1 Å². The molecule has 0 saturated heterocycles. The van der Waals surface area contributed by atoms with Gasteiger partial charge in [0.25, 0.3) is 0 Å². The van der Waals surface area contributed by atoms with Crippen LogP contribution in [0.4, 0.5) is 13.2 Å². The quantitative estimate of drug-likeness (QED) is 0.723. The molecule has 0 aliphatic heterocycles. The van der Waals surface area contributed by atoms with E-state index in [0.717, 1.165) is 25.7 Å². The number of aliphatic hydroxyl groups is 1. The molecule has 3 atom stereocenters. The van der Waals surface area contributed by atoms with Crippen LogP contribution in [0.25, 0.3) is 0 Å². The summed E-state index contributed by atoms with van der Waals surface area (Å²) in [7, 11) is 0. The first-order chi connectivity index (χ1) is 7.96. The molecule has 0 amide bonds. The van der Waals surface area contributed by atoms with Crippen molar-refractivity contribution < 1.29 is 18.3 Å². The molecule has 1 rings (SSSR count). The van der Waals surface area contributed by atoms with Crippen LogP contribution in [-0.4, -0.2) is 17.4 Å². The van der Waals surface area contributed by atoms with Gasteiger partial charge < -0.3 is 5.11 Å². The van der Waals surface area contributed by atoms with E-state index in [0.29, 0.717) is 19.3 Å². The first-order valence-corrected chi connectivity index (χ1v) is 6.71. The van der Waals surface area contributed by atoms with Gasteiger partial charge in [-0.15, -0.1) is 0 Å². The van der Waals surface area contributed by atoms with Gasteiger partial charge in [-0.25, -0.2) is 0 Å². The maximum Gasteiger partial charge on any atom is 0.392 e. The molecule has 102 valence electrons. The predicted octanol–water partition coefficient (Wildman–Crippen LogP) is 4.30. The Bertz CT molecular complexity index is 215. The molecule has 17 heavy (non-hydrogen) atoms. The SMILES string of the molecule is CCCCCC(O)C1CCCCC1C(F)(F)F. The summed E-state index contributed by atoms with van der Waals surface area (Å²) >= 11 is 0. The van der Waals surface area contributed by atoms with Crippen LogP contribution in [0.5, 0.6) is 0 Å². The second-order valence-electron chi connectivity index (χ2n) is 5.16. The van der Waals surface area contributed by atoms with Crippen LogP contribution >= 0.6 is 0 Å². The number of rotatable bonds is 5. The molecular weight excluding hydrogens is 229 g/mol. The van der Waals surface area contributed by atoms with E-state index in [1.165, 1.54) is 0 Å². The molecule has 0 radical (unpaired) electrons. The highest BCUT2D eigenvalue weighted by atomic mass is 19.4. The molecule has 0 bridgehead atoms. The maximum atomic E-state index is 12.8. The van der Waals surface area contributed by atoms with Gasteiger partial charge in [-0.1, -0.05) is 39.0 Å². The van der Waals surface area contributed by atoms with Gasteiger partial charge in [-0.2, -0.15) is 13.2 Å². The zero-order chi connectivity index (χ0) is 12.9. The minimum Gasteiger partial charge on any atom is -0.393 e. The number of aliphatic hydroxyl groups excluding tert-OH is 1. The van der Waals surface area contributed by atoms with E-state index in [-0.39, 0.29) is 6.42 Å². The second-order valence-corrected chi connectivity index (χ2v) is 5.16. The molecule has 1 saturated carbocycles. The molecule has 1 fully saturated rings. The average Bonchev–Trinajstić information content (AvgIpc) is 2.28. The van der Waals surface area contributed by atoms with E-state index in [1.807, 2.05) is 6.92 Å². The zero-order valence-corrected chi connectivity index (χ0v) is 10.5. The monoisotopic (exact) mass is 252 g/mol. The molecule has 3 unspecified atom stereocenters. The van der Waals surface area contributed by atoms with Crippen molar-refractivity contribution in [2.24, 2.45) is 11.8 Å². The predicted molar refractivity (Wildman–Crippen MR) is 61.7 cm³/mol. The van der Waals surface area contributed by atoms with E-state index in [9.17, 15) is 18.3 Å². The summed E-state index contributed by atoms with van der Waals surface area (Å²) in [4.78, 5) is 0. The molecule has 0 aromatic rings. The fourth-order valence-corrected chi connectivity index (χ4v) is 2.84. The van der Waals surface area contributed by atoms with Crippen LogP contribution in [0.2, 0.25) is 0 Å². The largest absolute Gasteiger partial charge is 0.393 e. The van der Waals surface area contributed by atoms with Crippen LogP contribution in [-0.2, 0) is 0 Å². The lowest BCUT2D eigenvalue weighted by atomic mass is 9.74. The fourth-order valence-electron chi connectivity index (χ4n) is 2.84. The summed E-state index contributed by atoms with van der Waals surface area (Å²) < 4.78 is 38.5. The van der Waals surface area contributed by atoms with Crippen molar-refractivity contribution in [3.63, 3.8) is 0 Å². The van der Waals surface area contributed by atoms with Crippen molar-refractivity contribution in [3.05, 3.63) is 0 Å². The molecule has 0 heterocycles. The van der Waals surface area contributed by atoms with Gasteiger partial charge >= 0.3 is 6.18 Å². The van der Waals surface area contributed by atoms with Gasteiger partial charge in [0.05, 0.1) is 12.0 Å². The number of alkyl halides is 3. The van der Waals surface area contributed by atoms with E-state index in [4.69, 9.17) is 0 Å². The second kappa shape index (κ2) is 6.62. The van der Waals surface area contributed by atoms with Crippen LogP contribution in [0, 0.1) is 11.8 Å². The fraction of sp³-hybridized carbons (Fsp3) is 1.00. The molecule has 0 aromatic heterocycles. The Hall–Kier alpha value is -0.250. The van der Waals surface area contributed by atoms with E-state index in [1.54, 1.807) is 0 Å². The lowest BCUT2D eigenvalue weighted by Crippen LogP contribution is -2.39. The van der Waals surface area contributed by atoms with Gasteiger partial charge in [-0.05, 0) is 25.2 Å². The summed E-state index contributed by atoms with van der Waals surface area (Å²) in [6.45, 7) is 2.05. The molecule has 1 nitrogen and oxygen atoms in total. The average molecular weight is 252 g/mol. The number of hydrogen-bond donors (Lipinski definition) is 1. The third-order valence-electron chi connectivity index (χ3n) is 3.84. The highest BCUT2D eigenvalue weighted by Gasteiger charge is 2.47. The first-order valence-electron chi connectivity index (χ1n) is 6.71. The Morgan fingerprint density at radius 2 is 1.82 bits per heavy atom. The molecular formula is C13H23F3O. The highest BCUT2D eigenvalue weighted by molar-refractivity contribution is 4.84. The summed E-state index contributed by atoms with van der Waals surface area (Å²) in [6.07, 6.45) is 0.635. The molecule has 1 N–H and O–H groups in total. The lowest BCUT2D eigenvalue weighted by molar-refractivity contribution is -0.207. The third kappa shape index (κ3) is 4.49. The van der Waals surface area contributed by atoms with Crippen LogP contribution in [0.3, 0.4) is 0 Å². The van der Waals surface area contributed by atoms with Crippen molar-refractivity contribution in [3.8, 4) is 0 Å². The maximum absolute atomic E-state index is 12.8. The van der Waals surface area contributed by atoms with Gasteiger partial charge in [-0.3, -0.25) is 0 Å². The minimum atomic E-state index is -4.14. The standard InChI is InChI=1S/C13H23F3O/c1-2-3-4-9-12(17)10-7-5-6-8-11(10)13(14,15)16/h10-12,17H,2-9H2,1H3. The van der Waals surface area contributed by atoms with Crippen LogP contribution in [0.1, 0.15) is 58.3 Å². The first kappa shape index (κ1) is 14.8. The smallest absolute Gasteiger partial charge is 0.392 e. The molecule has 0 spiro atoms. The summed E-state index contributed by atoms with van der Waals surface area (Å²) in [5.74, 6) is -1.85. The van der Waals surface area contributed by atoms with Crippen molar-refractivity contribution >= 4 is 0 Å². The molecule has 0 aromatic carbocycles. The Balaban J connectivity index is 2.52. The Kier molecular flexibility index (Phi) is 5.77. The molecule has 4 heteroatoms. The van der Waals surface area contributed by atoms with Gasteiger partial charge in [0, 0.05) is 0 Å². The number of halogens is 3. The summed E-state index contributed by atoms with van der Waals surface area (Å²) in [6, 6.07) is 0.